The summed E-state index contributed by atoms with van der Waals surface area (Å²) in [7, 11) is 0. The molecule has 0 radical (unpaired) electrons. The predicted octanol–water partition coefficient (Wildman–Crippen LogP) is 0.254. The molecular weight excluding hydrogens is 248 g/mol. The molecule has 1 aliphatic heterocycles. The van der Waals surface area contributed by atoms with Crippen molar-refractivity contribution in [3.63, 3.8) is 0 Å². The third-order valence-corrected chi connectivity index (χ3v) is 4.39. The number of carbonyl (C=O) groups is 2. The van der Waals surface area contributed by atoms with Gasteiger partial charge in [0.15, 0.2) is 0 Å². The van der Waals surface area contributed by atoms with E-state index in [0.29, 0.717) is 0 Å². The van der Waals surface area contributed by atoms with Gasteiger partial charge in [-0.1, -0.05) is 12.8 Å². The molecule has 0 aromatic carbocycles. The van der Waals surface area contributed by atoms with Crippen LogP contribution in [0.4, 0.5) is 0 Å². The molecule has 2 rings (SSSR count). The van der Waals surface area contributed by atoms with E-state index in [1.807, 2.05) is 0 Å². The average Bonchev–Trinajstić information content (AvgIpc) is 2.87. The number of rotatable bonds is 4. The summed E-state index contributed by atoms with van der Waals surface area (Å²) < 4.78 is 5.20. The van der Waals surface area contributed by atoms with Crippen LogP contribution in [0.25, 0.3) is 0 Å². The van der Waals surface area contributed by atoms with E-state index in [4.69, 9.17) is 10.5 Å². The Bertz CT molecular complexity index is 379. The highest BCUT2D eigenvalue weighted by Gasteiger charge is 2.47. The molecule has 1 aliphatic carbocycles. The van der Waals surface area contributed by atoms with Crippen molar-refractivity contribution < 1.29 is 19.4 Å². The van der Waals surface area contributed by atoms with Crippen LogP contribution in [-0.2, 0) is 14.3 Å². The van der Waals surface area contributed by atoms with Crippen molar-refractivity contribution in [2.45, 2.75) is 50.6 Å². The van der Waals surface area contributed by atoms with E-state index in [0.717, 1.165) is 25.7 Å². The van der Waals surface area contributed by atoms with E-state index in [1.165, 1.54) is 0 Å². The molecule has 108 valence electrons. The van der Waals surface area contributed by atoms with Crippen LogP contribution in [0.1, 0.15) is 39.0 Å². The molecule has 19 heavy (non-hydrogen) atoms. The molecule has 1 heterocycles. The van der Waals surface area contributed by atoms with Crippen molar-refractivity contribution in [3.8, 4) is 0 Å². The monoisotopic (exact) mass is 270 g/mol. The Morgan fingerprint density at radius 2 is 2.05 bits per heavy atom. The number of nitrogens with two attached hydrogens (primary N) is 1. The van der Waals surface area contributed by atoms with Crippen LogP contribution in [0, 0.1) is 5.41 Å². The lowest BCUT2D eigenvalue weighted by atomic mass is 9.85. The number of carboxylic acids is 1. The van der Waals surface area contributed by atoms with E-state index < -0.39 is 23.0 Å². The van der Waals surface area contributed by atoms with Gasteiger partial charge in [0.2, 0.25) is 5.91 Å². The average molecular weight is 270 g/mol. The Hall–Kier alpha value is -1.14. The summed E-state index contributed by atoms with van der Waals surface area (Å²) in [5, 5.41) is 12.0. The summed E-state index contributed by atoms with van der Waals surface area (Å²) in [5.41, 5.74) is 4.69. The van der Waals surface area contributed by atoms with E-state index in [2.05, 4.69) is 5.32 Å². The third-order valence-electron chi connectivity index (χ3n) is 4.39. The number of carbonyl (C=O) groups excluding carboxylic acids is 1. The van der Waals surface area contributed by atoms with Crippen molar-refractivity contribution in [3.05, 3.63) is 0 Å². The quantitative estimate of drug-likeness (QED) is 0.680. The van der Waals surface area contributed by atoms with Crippen LogP contribution in [0.2, 0.25) is 0 Å². The SMILES string of the molecule is CC1(C(=O)O)COCC1NC(=O)CC1(N)CCCC1. The first-order valence-electron chi connectivity index (χ1n) is 6.75. The number of aliphatic carboxylic acids is 1. The molecule has 6 nitrogen and oxygen atoms in total. The summed E-state index contributed by atoms with van der Waals surface area (Å²) in [6.45, 7) is 1.97. The van der Waals surface area contributed by atoms with E-state index in [9.17, 15) is 14.7 Å². The molecule has 2 atom stereocenters. The first kappa shape index (κ1) is 14.3. The van der Waals surface area contributed by atoms with Crippen LogP contribution in [-0.4, -0.2) is 41.8 Å². The van der Waals surface area contributed by atoms with Crippen LogP contribution in [0.5, 0.6) is 0 Å². The Morgan fingerprint density at radius 3 is 2.63 bits per heavy atom. The van der Waals surface area contributed by atoms with Crippen LogP contribution >= 0.6 is 0 Å². The second-order valence-corrected chi connectivity index (χ2v) is 6.10. The fourth-order valence-electron chi connectivity index (χ4n) is 2.91. The molecule has 1 amide bonds. The second-order valence-electron chi connectivity index (χ2n) is 6.10. The number of hydrogen-bond donors (Lipinski definition) is 3. The fourth-order valence-corrected chi connectivity index (χ4v) is 2.91. The van der Waals surface area contributed by atoms with Crippen molar-refractivity contribution in [1.82, 2.24) is 5.32 Å². The second kappa shape index (κ2) is 5.09. The molecule has 2 aliphatic rings. The molecule has 4 N–H and O–H groups in total. The van der Waals surface area contributed by atoms with E-state index >= 15 is 0 Å². The van der Waals surface area contributed by atoms with Crippen LogP contribution in [0.3, 0.4) is 0 Å². The normalized spacial score (nSPS) is 33.3. The molecule has 2 fully saturated rings. The van der Waals surface area contributed by atoms with Gasteiger partial charge in [-0.15, -0.1) is 0 Å². The molecular formula is C13H22N2O4. The number of hydrogen-bond acceptors (Lipinski definition) is 4. The summed E-state index contributed by atoms with van der Waals surface area (Å²) in [6.07, 6.45) is 4.10. The van der Waals surface area contributed by atoms with Gasteiger partial charge in [-0.3, -0.25) is 9.59 Å². The van der Waals surface area contributed by atoms with Crippen molar-refractivity contribution >= 4 is 11.9 Å². The van der Waals surface area contributed by atoms with Gasteiger partial charge in [-0.2, -0.15) is 0 Å². The third kappa shape index (κ3) is 2.90. The highest BCUT2D eigenvalue weighted by Crippen LogP contribution is 2.31. The molecule has 2 unspecified atom stereocenters. The lowest BCUT2D eigenvalue weighted by Crippen LogP contribution is -2.52. The minimum Gasteiger partial charge on any atom is -0.481 e. The largest absolute Gasteiger partial charge is 0.481 e. The minimum absolute atomic E-state index is 0.126. The topological polar surface area (TPSA) is 102 Å². The highest BCUT2D eigenvalue weighted by atomic mass is 16.5. The zero-order chi connectivity index (χ0) is 14.1. The molecule has 0 aromatic rings. The summed E-state index contributed by atoms with van der Waals surface area (Å²) >= 11 is 0. The van der Waals surface area contributed by atoms with Gasteiger partial charge in [0.25, 0.3) is 0 Å². The number of carboxylic acid groups (broad SMARTS) is 1. The Labute approximate surface area is 112 Å². The number of ether oxygens (including phenoxy) is 1. The highest BCUT2D eigenvalue weighted by molar-refractivity contribution is 5.81. The number of nitrogens with one attached hydrogen (secondary N) is 1. The summed E-state index contributed by atoms with van der Waals surface area (Å²) in [4.78, 5) is 23.3. The summed E-state index contributed by atoms with van der Waals surface area (Å²) in [5.74, 6) is -1.12. The molecule has 0 spiro atoms. The molecule has 0 bridgehead atoms. The zero-order valence-corrected chi connectivity index (χ0v) is 11.3. The zero-order valence-electron chi connectivity index (χ0n) is 11.3. The van der Waals surface area contributed by atoms with Crippen molar-refractivity contribution in [2.75, 3.05) is 13.2 Å². The first-order chi connectivity index (χ1) is 8.86. The maximum Gasteiger partial charge on any atom is 0.313 e. The van der Waals surface area contributed by atoms with Gasteiger partial charge >= 0.3 is 5.97 Å². The summed E-state index contributed by atoms with van der Waals surface area (Å²) in [6, 6.07) is -0.484. The molecule has 0 aromatic heterocycles. The Morgan fingerprint density at radius 1 is 1.42 bits per heavy atom. The molecule has 1 saturated heterocycles. The van der Waals surface area contributed by atoms with Crippen molar-refractivity contribution in [2.24, 2.45) is 11.1 Å². The van der Waals surface area contributed by atoms with Gasteiger partial charge < -0.3 is 20.9 Å². The number of amides is 1. The van der Waals surface area contributed by atoms with Gasteiger partial charge in [0.05, 0.1) is 19.3 Å². The standard InChI is InChI=1S/C13H22N2O4/c1-12(11(17)18)8-19-7-9(12)15-10(16)6-13(14)4-2-3-5-13/h9H,2-8,14H2,1H3,(H,15,16)(H,17,18). The first-order valence-corrected chi connectivity index (χ1v) is 6.75. The Kier molecular flexibility index (Phi) is 3.82. The van der Waals surface area contributed by atoms with Gasteiger partial charge in [-0.25, -0.2) is 0 Å². The molecule has 1 saturated carbocycles. The fraction of sp³-hybridized carbons (Fsp3) is 0.846. The van der Waals surface area contributed by atoms with Gasteiger partial charge in [-0.05, 0) is 19.8 Å². The van der Waals surface area contributed by atoms with E-state index in [-0.39, 0.29) is 25.5 Å². The van der Waals surface area contributed by atoms with Crippen LogP contribution in [0.15, 0.2) is 0 Å². The molecule has 6 heteroatoms. The van der Waals surface area contributed by atoms with Crippen LogP contribution < -0.4 is 11.1 Å². The van der Waals surface area contributed by atoms with Crippen molar-refractivity contribution in [1.29, 1.82) is 0 Å². The maximum atomic E-state index is 12.0. The smallest absolute Gasteiger partial charge is 0.313 e. The van der Waals surface area contributed by atoms with E-state index in [1.54, 1.807) is 6.92 Å². The van der Waals surface area contributed by atoms with Gasteiger partial charge in [0.1, 0.15) is 5.41 Å². The predicted molar refractivity (Wildman–Crippen MR) is 68.5 cm³/mol. The lowest BCUT2D eigenvalue weighted by Gasteiger charge is -2.28. The minimum atomic E-state index is -1.05. The van der Waals surface area contributed by atoms with Gasteiger partial charge in [0, 0.05) is 12.0 Å². The maximum absolute atomic E-state index is 12.0. The Balaban J connectivity index is 1.93. The lowest BCUT2D eigenvalue weighted by molar-refractivity contribution is -0.149.